The largest absolute Gasteiger partial charge is 0.481 e. The van der Waals surface area contributed by atoms with Gasteiger partial charge in [0.25, 0.3) is 0 Å². The fraction of sp³-hybridized carbons (Fsp3) is 0.633. The summed E-state index contributed by atoms with van der Waals surface area (Å²) in [5.41, 5.74) is 3.44. The standard InChI is InChI=1S/C30H42BNO8/c1-3-8-19(15-21-11-12-22(18-33)39-21)10-13-25-27-20(4-2)16-23-28(24(27)17-31(38)40-25)30(37)32(29(23)36)14-7-5-6-9-26(34)35/h11-12,15,23-25,28,33,38H,3-10,13-14,16-18H2,1-2H3,(H,34,35)/b19-15+/t23-,24+,25-,28-/m1/s1. The van der Waals surface area contributed by atoms with E-state index in [0.29, 0.717) is 56.5 Å². The molecule has 2 saturated heterocycles. The van der Waals surface area contributed by atoms with E-state index in [1.54, 1.807) is 6.07 Å². The van der Waals surface area contributed by atoms with Gasteiger partial charge in [-0.05, 0) is 81.0 Å². The lowest BCUT2D eigenvalue weighted by Crippen LogP contribution is -2.46. The topological polar surface area (TPSA) is 138 Å². The first kappa shape index (κ1) is 30.3. The number of carboxylic acid groups (broad SMARTS) is 1. The van der Waals surface area contributed by atoms with Crippen LogP contribution in [0.15, 0.2) is 33.3 Å². The Hall–Kier alpha value is -2.69. The number of allylic oxidation sites excluding steroid dienone is 2. The van der Waals surface area contributed by atoms with Gasteiger partial charge in [0.1, 0.15) is 18.1 Å². The second-order valence-corrected chi connectivity index (χ2v) is 11.3. The number of carboxylic acids is 1. The first-order valence-corrected chi connectivity index (χ1v) is 14.8. The van der Waals surface area contributed by atoms with E-state index in [2.05, 4.69) is 13.8 Å². The number of nitrogens with zero attached hydrogens (tertiary/aromatic N) is 1. The van der Waals surface area contributed by atoms with Gasteiger partial charge in [0.15, 0.2) is 0 Å². The van der Waals surface area contributed by atoms with E-state index < -0.39 is 24.9 Å². The minimum absolute atomic E-state index is 0.0853. The van der Waals surface area contributed by atoms with Crippen LogP contribution in [0.5, 0.6) is 0 Å². The molecule has 3 heterocycles. The van der Waals surface area contributed by atoms with Crippen molar-refractivity contribution >= 4 is 31.0 Å². The second-order valence-electron chi connectivity index (χ2n) is 11.3. The van der Waals surface area contributed by atoms with Crippen LogP contribution >= 0.6 is 0 Å². The Labute approximate surface area is 236 Å². The third-order valence-corrected chi connectivity index (χ3v) is 8.58. The molecular weight excluding hydrogens is 513 g/mol. The number of rotatable bonds is 14. The van der Waals surface area contributed by atoms with Crippen molar-refractivity contribution < 1.29 is 38.7 Å². The molecule has 2 aliphatic heterocycles. The van der Waals surface area contributed by atoms with Crippen LogP contribution in [-0.4, -0.2) is 57.7 Å². The lowest BCUT2D eigenvalue weighted by Gasteiger charge is -2.43. The average Bonchev–Trinajstić information content (AvgIpc) is 3.48. The van der Waals surface area contributed by atoms with Gasteiger partial charge in [0.2, 0.25) is 11.8 Å². The smallest absolute Gasteiger partial charge is 0.455 e. The van der Waals surface area contributed by atoms with Crippen LogP contribution < -0.4 is 0 Å². The monoisotopic (exact) mass is 555 g/mol. The Bertz CT molecular complexity index is 1140. The molecule has 3 aliphatic rings. The summed E-state index contributed by atoms with van der Waals surface area (Å²) in [6.45, 7) is 4.35. The van der Waals surface area contributed by atoms with Gasteiger partial charge >= 0.3 is 13.1 Å². The molecule has 9 nitrogen and oxygen atoms in total. The lowest BCUT2D eigenvalue weighted by molar-refractivity contribution is -0.141. The maximum atomic E-state index is 13.6. The fourth-order valence-corrected chi connectivity index (χ4v) is 6.78. The van der Waals surface area contributed by atoms with Gasteiger partial charge in [0, 0.05) is 13.0 Å². The van der Waals surface area contributed by atoms with E-state index in [4.69, 9.17) is 14.2 Å². The van der Waals surface area contributed by atoms with Crippen LogP contribution in [0.25, 0.3) is 6.08 Å². The highest BCUT2D eigenvalue weighted by molar-refractivity contribution is 6.43. The molecule has 2 amide bonds. The molecule has 0 radical (unpaired) electrons. The van der Waals surface area contributed by atoms with Crippen molar-refractivity contribution in [3.8, 4) is 0 Å². The molecule has 218 valence electrons. The van der Waals surface area contributed by atoms with Crippen molar-refractivity contribution in [2.24, 2.45) is 17.8 Å². The molecule has 0 aromatic carbocycles. The lowest BCUT2D eigenvalue weighted by atomic mass is 9.58. The van der Waals surface area contributed by atoms with E-state index in [1.165, 1.54) is 10.5 Å². The number of aliphatic hydroxyl groups is 1. The number of carbonyl (C=O) groups excluding carboxylic acids is 2. The Kier molecular flexibility index (Phi) is 10.4. The van der Waals surface area contributed by atoms with Crippen LogP contribution in [0.4, 0.5) is 0 Å². The molecule has 1 aromatic rings. The Morgan fingerprint density at radius 2 is 1.90 bits per heavy atom. The third-order valence-electron chi connectivity index (χ3n) is 8.58. The minimum Gasteiger partial charge on any atom is -0.481 e. The molecule has 2 fully saturated rings. The molecule has 1 aromatic heterocycles. The van der Waals surface area contributed by atoms with E-state index in [9.17, 15) is 24.5 Å². The molecule has 3 N–H and O–H groups in total. The normalized spacial score (nSPS) is 25.1. The van der Waals surface area contributed by atoms with E-state index in [1.807, 2.05) is 12.1 Å². The van der Waals surface area contributed by atoms with Gasteiger partial charge in [-0.1, -0.05) is 37.8 Å². The number of hydrogen-bond acceptors (Lipinski definition) is 7. The summed E-state index contributed by atoms with van der Waals surface area (Å²) in [5, 5.41) is 28.9. The summed E-state index contributed by atoms with van der Waals surface area (Å²) < 4.78 is 11.8. The van der Waals surface area contributed by atoms with Crippen LogP contribution in [0.1, 0.15) is 89.6 Å². The van der Waals surface area contributed by atoms with Crippen molar-refractivity contribution in [3.63, 3.8) is 0 Å². The van der Waals surface area contributed by atoms with Crippen LogP contribution in [0.2, 0.25) is 6.32 Å². The Morgan fingerprint density at radius 3 is 2.58 bits per heavy atom. The van der Waals surface area contributed by atoms with E-state index in [-0.39, 0.29) is 36.9 Å². The number of likely N-dealkylation sites (tertiary alicyclic amines) is 1. The quantitative estimate of drug-likeness (QED) is 0.131. The predicted octanol–water partition coefficient (Wildman–Crippen LogP) is 4.59. The first-order valence-electron chi connectivity index (χ1n) is 14.8. The number of aliphatic carboxylic acids is 1. The molecule has 10 heteroatoms. The zero-order valence-corrected chi connectivity index (χ0v) is 23.6. The van der Waals surface area contributed by atoms with E-state index >= 15 is 0 Å². The summed E-state index contributed by atoms with van der Waals surface area (Å²) in [7, 11) is -1.00. The summed E-state index contributed by atoms with van der Waals surface area (Å²) in [6, 6.07) is 3.61. The highest BCUT2D eigenvalue weighted by Crippen LogP contribution is 2.51. The number of amides is 2. The zero-order valence-electron chi connectivity index (χ0n) is 23.6. The van der Waals surface area contributed by atoms with Gasteiger partial charge in [-0.2, -0.15) is 0 Å². The molecule has 0 saturated carbocycles. The zero-order chi connectivity index (χ0) is 28.8. The molecule has 40 heavy (non-hydrogen) atoms. The molecule has 0 unspecified atom stereocenters. The molecule has 0 spiro atoms. The van der Waals surface area contributed by atoms with Gasteiger partial charge in [-0.3, -0.25) is 19.3 Å². The van der Waals surface area contributed by atoms with Crippen molar-refractivity contribution in [1.29, 1.82) is 0 Å². The van der Waals surface area contributed by atoms with Gasteiger partial charge < -0.3 is 24.3 Å². The highest BCUT2D eigenvalue weighted by Gasteiger charge is 2.56. The van der Waals surface area contributed by atoms with Crippen molar-refractivity contribution in [2.75, 3.05) is 6.54 Å². The van der Waals surface area contributed by atoms with Gasteiger partial charge in [-0.25, -0.2) is 0 Å². The fourth-order valence-electron chi connectivity index (χ4n) is 6.78. The highest BCUT2D eigenvalue weighted by atomic mass is 16.5. The number of hydrogen-bond donors (Lipinski definition) is 3. The number of fused-ring (bicyclic) bond motifs is 3. The second kappa shape index (κ2) is 13.8. The molecule has 4 atom stereocenters. The van der Waals surface area contributed by atoms with Crippen molar-refractivity contribution in [2.45, 2.75) is 97.1 Å². The predicted molar refractivity (Wildman–Crippen MR) is 150 cm³/mol. The van der Waals surface area contributed by atoms with Crippen molar-refractivity contribution in [1.82, 2.24) is 4.90 Å². The molecule has 4 rings (SSSR count). The number of furan rings is 1. The van der Waals surface area contributed by atoms with Gasteiger partial charge in [0.05, 0.1) is 17.9 Å². The summed E-state index contributed by atoms with van der Waals surface area (Å²) in [4.78, 5) is 39.1. The molecular formula is C30H42BNO8. The number of imide groups is 1. The van der Waals surface area contributed by atoms with Gasteiger partial charge in [-0.15, -0.1) is 0 Å². The Morgan fingerprint density at radius 1 is 1.10 bits per heavy atom. The third kappa shape index (κ3) is 6.78. The molecule has 0 bridgehead atoms. The SMILES string of the molecule is CCC/C(=C\c1ccc(CO)o1)CC[C@H]1OB(O)C[C@H]2C1=C(CC)C[C@H]1C(=O)N(CCCCCC(=O)O)C(=O)[C@H]12. The number of aliphatic hydroxyl groups excluding tert-OH is 1. The van der Waals surface area contributed by atoms with Crippen LogP contribution in [0, 0.1) is 17.8 Å². The van der Waals surface area contributed by atoms with E-state index in [0.717, 1.165) is 36.8 Å². The summed E-state index contributed by atoms with van der Waals surface area (Å²) in [6.07, 6.45) is 8.36. The van der Waals surface area contributed by atoms with Crippen molar-refractivity contribution in [3.05, 3.63) is 40.4 Å². The molecule has 1 aliphatic carbocycles. The number of carbonyl (C=O) groups is 3. The maximum absolute atomic E-state index is 13.6. The number of unbranched alkanes of at least 4 members (excludes halogenated alkanes) is 2. The summed E-state index contributed by atoms with van der Waals surface area (Å²) in [5.74, 6) is -1.05. The minimum atomic E-state index is -1.00. The first-order chi connectivity index (χ1) is 19.3. The maximum Gasteiger partial charge on any atom is 0.455 e. The Balaban J connectivity index is 1.50. The average molecular weight is 555 g/mol. The summed E-state index contributed by atoms with van der Waals surface area (Å²) >= 11 is 0. The van der Waals surface area contributed by atoms with Crippen LogP contribution in [-0.2, 0) is 25.6 Å². The van der Waals surface area contributed by atoms with Crippen LogP contribution in [0.3, 0.4) is 0 Å².